The van der Waals surface area contributed by atoms with E-state index in [0.29, 0.717) is 13.0 Å². The molecule has 0 spiro atoms. The van der Waals surface area contributed by atoms with Gasteiger partial charge in [-0.3, -0.25) is 4.79 Å². The molecule has 10 heteroatoms. The average Bonchev–Trinajstić information content (AvgIpc) is 2.79. The fourth-order valence-corrected chi connectivity index (χ4v) is 1.65. The Bertz CT molecular complexity index is 721. The highest BCUT2D eigenvalue weighted by Gasteiger charge is 2.20. The van der Waals surface area contributed by atoms with E-state index in [1.165, 1.54) is 6.20 Å². The van der Waals surface area contributed by atoms with Crippen LogP contribution in [0.25, 0.3) is 5.82 Å². The van der Waals surface area contributed by atoms with Gasteiger partial charge in [-0.15, -0.1) is 9.78 Å². The first-order valence-corrected chi connectivity index (χ1v) is 5.76. The van der Waals surface area contributed by atoms with Gasteiger partial charge >= 0.3 is 5.76 Å². The highest BCUT2D eigenvalue weighted by molar-refractivity contribution is 5.93. The zero-order chi connectivity index (χ0) is 14.1. The minimum atomic E-state index is -0.703. The van der Waals surface area contributed by atoms with E-state index in [2.05, 4.69) is 20.4 Å². The summed E-state index contributed by atoms with van der Waals surface area (Å²) in [5.41, 5.74) is 5.36. The smallest absolute Gasteiger partial charge is 0.443 e. The molecule has 2 aromatic rings. The van der Waals surface area contributed by atoms with Crippen LogP contribution in [0, 0.1) is 0 Å². The molecule has 3 N–H and O–H groups in total. The second-order valence-corrected chi connectivity index (χ2v) is 3.93. The summed E-state index contributed by atoms with van der Waals surface area (Å²) in [5, 5.41) is 6.43. The molecular formula is C10H10N6O4. The van der Waals surface area contributed by atoms with Crippen LogP contribution in [-0.2, 0) is 11.2 Å². The minimum absolute atomic E-state index is 0.117. The molecule has 0 radical (unpaired) electrons. The molecule has 0 aromatic carbocycles. The van der Waals surface area contributed by atoms with E-state index in [4.69, 9.17) is 14.9 Å². The van der Waals surface area contributed by atoms with Gasteiger partial charge in [-0.05, 0) is 0 Å². The van der Waals surface area contributed by atoms with Crippen LogP contribution in [0.15, 0.2) is 15.4 Å². The summed E-state index contributed by atoms with van der Waals surface area (Å²) in [6.45, 7) is 0.186. The number of hydrogen-bond acceptors (Lipinski definition) is 8. The summed E-state index contributed by atoms with van der Waals surface area (Å²) in [5.74, 6) is -0.406. The van der Waals surface area contributed by atoms with Crippen molar-refractivity contribution in [2.75, 3.05) is 18.5 Å². The number of fused-ring (bicyclic) bond motifs is 1. The first-order chi connectivity index (χ1) is 9.67. The van der Waals surface area contributed by atoms with Gasteiger partial charge in [-0.1, -0.05) is 0 Å². The number of rotatable bonds is 3. The predicted molar refractivity (Wildman–Crippen MR) is 64.6 cm³/mol. The highest BCUT2D eigenvalue weighted by Crippen LogP contribution is 2.22. The number of nitrogens with two attached hydrogens (primary N) is 1. The number of ether oxygens (including phenoxy) is 1. The van der Waals surface area contributed by atoms with E-state index in [9.17, 15) is 9.59 Å². The van der Waals surface area contributed by atoms with Gasteiger partial charge in [0.15, 0.2) is 18.2 Å². The van der Waals surface area contributed by atoms with E-state index in [-0.39, 0.29) is 35.9 Å². The monoisotopic (exact) mass is 278 g/mol. The summed E-state index contributed by atoms with van der Waals surface area (Å²) in [4.78, 5) is 30.9. The van der Waals surface area contributed by atoms with Gasteiger partial charge in [0, 0.05) is 13.0 Å². The Hall–Kier alpha value is -2.75. The molecule has 20 heavy (non-hydrogen) atoms. The van der Waals surface area contributed by atoms with Gasteiger partial charge in [0.05, 0.1) is 6.20 Å². The number of aromatic nitrogens is 4. The lowest BCUT2D eigenvalue weighted by molar-refractivity contribution is -0.118. The zero-order valence-electron chi connectivity index (χ0n) is 10.2. The number of carbonyl (C=O) groups excluding carboxylic acids is 1. The van der Waals surface area contributed by atoms with Gasteiger partial charge in [0.1, 0.15) is 0 Å². The van der Waals surface area contributed by atoms with Crippen molar-refractivity contribution in [1.82, 2.24) is 19.7 Å². The van der Waals surface area contributed by atoms with Crippen LogP contribution in [0.1, 0.15) is 5.89 Å². The number of nitrogens with one attached hydrogen (secondary N) is 1. The van der Waals surface area contributed by atoms with E-state index < -0.39 is 5.76 Å². The van der Waals surface area contributed by atoms with E-state index >= 15 is 0 Å². The Labute approximate surface area is 111 Å². The van der Waals surface area contributed by atoms with Gasteiger partial charge in [0.25, 0.3) is 11.8 Å². The third-order valence-electron chi connectivity index (χ3n) is 2.49. The van der Waals surface area contributed by atoms with Crippen molar-refractivity contribution in [3.63, 3.8) is 0 Å². The molecule has 3 rings (SSSR count). The number of amides is 1. The molecule has 0 fully saturated rings. The largest absolute Gasteiger partial charge is 0.465 e. The maximum atomic E-state index is 11.7. The molecule has 0 saturated carbocycles. The number of carbonyl (C=O) groups is 1. The van der Waals surface area contributed by atoms with Crippen molar-refractivity contribution in [3.05, 3.63) is 22.6 Å². The second kappa shape index (κ2) is 4.74. The SMILES string of the molecule is NCCc1nn(-c2cnc3c(n2)NC(=O)CO3)c(=O)o1. The molecule has 0 aliphatic carbocycles. The summed E-state index contributed by atoms with van der Waals surface area (Å²) < 4.78 is 10.9. The van der Waals surface area contributed by atoms with Crippen LogP contribution in [-0.4, -0.2) is 38.8 Å². The third-order valence-corrected chi connectivity index (χ3v) is 2.49. The van der Waals surface area contributed by atoms with E-state index in [1.807, 2.05) is 0 Å². The van der Waals surface area contributed by atoms with Crippen LogP contribution in [0.3, 0.4) is 0 Å². The van der Waals surface area contributed by atoms with Crippen LogP contribution >= 0.6 is 0 Å². The first kappa shape index (κ1) is 12.3. The summed E-state index contributed by atoms with van der Waals surface area (Å²) >= 11 is 0. The standard InChI is InChI=1S/C10H10N6O4/c11-2-1-7-15-16(10(18)20-7)5-3-12-9-8(13-5)14-6(17)4-19-9/h3H,1-2,4,11H2,(H,13,14,17). The maximum Gasteiger partial charge on any atom is 0.443 e. The molecule has 1 aliphatic heterocycles. The van der Waals surface area contributed by atoms with Crippen LogP contribution < -0.4 is 21.5 Å². The molecule has 0 saturated heterocycles. The second-order valence-electron chi connectivity index (χ2n) is 3.93. The molecule has 104 valence electrons. The zero-order valence-corrected chi connectivity index (χ0v) is 10.2. The van der Waals surface area contributed by atoms with Crippen molar-refractivity contribution in [2.45, 2.75) is 6.42 Å². The normalized spacial score (nSPS) is 13.6. The first-order valence-electron chi connectivity index (χ1n) is 5.76. The Kier molecular flexibility index (Phi) is 2.91. The summed E-state index contributed by atoms with van der Waals surface area (Å²) in [6, 6.07) is 0. The molecule has 2 aromatic heterocycles. The average molecular weight is 278 g/mol. The lowest BCUT2D eigenvalue weighted by Crippen LogP contribution is -2.27. The topological polar surface area (TPSA) is 138 Å². The van der Waals surface area contributed by atoms with Gasteiger partial charge < -0.3 is 20.2 Å². The van der Waals surface area contributed by atoms with Gasteiger partial charge in [-0.25, -0.2) is 14.8 Å². The van der Waals surface area contributed by atoms with Crippen molar-refractivity contribution in [2.24, 2.45) is 5.73 Å². The number of anilines is 1. The molecule has 10 nitrogen and oxygen atoms in total. The molecular weight excluding hydrogens is 268 g/mol. The van der Waals surface area contributed by atoms with E-state index in [1.54, 1.807) is 0 Å². The van der Waals surface area contributed by atoms with Crippen LogP contribution in [0.4, 0.5) is 5.82 Å². The molecule has 1 amide bonds. The number of nitrogens with zero attached hydrogens (tertiary/aromatic N) is 4. The number of hydrogen-bond donors (Lipinski definition) is 2. The maximum absolute atomic E-state index is 11.7. The van der Waals surface area contributed by atoms with Crippen LogP contribution in [0.5, 0.6) is 5.88 Å². The molecule has 0 unspecified atom stereocenters. The molecule has 3 heterocycles. The fraction of sp³-hybridized carbons (Fsp3) is 0.300. The Morgan fingerprint density at radius 1 is 1.45 bits per heavy atom. The quantitative estimate of drug-likeness (QED) is 0.687. The Morgan fingerprint density at radius 2 is 2.30 bits per heavy atom. The summed E-state index contributed by atoms with van der Waals surface area (Å²) in [6.07, 6.45) is 1.63. The fourth-order valence-electron chi connectivity index (χ4n) is 1.65. The van der Waals surface area contributed by atoms with Crippen molar-refractivity contribution >= 4 is 11.7 Å². The van der Waals surface area contributed by atoms with Crippen molar-refractivity contribution in [1.29, 1.82) is 0 Å². The van der Waals surface area contributed by atoms with Crippen molar-refractivity contribution in [3.8, 4) is 11.7 Å². The van der Waals surface area contributed by atoms with Gasteiger partial charge in [-0.2, -0.15) is 0 Å². The van der Waals surface area contributed by atoms with Crippen molar-refractivity contribution < 1.29 is 13.9 Å². The lowest BCUT2D eigenvalue weighted by Gasteiger charge is -2.15. The third kappa shape index (κ3) is 2.12. The lowest BCUT2D eigenvalue weighted by atomic mass is 10.4. The summed E-state index contributed by atoms with van der Waals surface area (Å²) in [7, 11) is 0. The predicted octanol–water partition coefficient (Wildman–Crippen LogP) is -1.55. The molecule has 1 aliphatic rings. The van der Waals surface area contributed by atoms with Crippen LogP contribution in [0.2, 0.25) is 0 Å². The minimum Gasteiger partial charge on any atom is -0.465 e. The van der Waals surface area contributed by atoms with Gasteiger partial charge in [0.2, 0.25) is 5.89 Å². The van der Waals surface area contributed by atoms with E-state index in [0.717, 1.165) is 4.68 Å². The molecule has 0 atom stereocenters. The molecule has 0 bridgehead atoms. The Morgan fingerprint density at radius 3 is 3.10 bits per heavy atom. The highest BCUT2D eigenvalue weighted by atomic mass is 16.5. The Balaban J connectivity index is 2.00.